The lowest BCUT2D eigenvalue weighted by Gasteiger charge is -2.38. The first-order valence-electron chi connectivity index (χ1n) is 6.14. The minimum Gasteiger partial charge on any atom is -0.481 e. The Morgan fingerprint density at radius 2 is 2.00 bits per heavy atom. The Kier molecular flexibility index (Phi) is 4.91. The van der Waals surface area contributed by atoms with Crippen molar-refractivity contribution in [2.24, 2.45) is 5.92 Å². The summed E-state index contributed by atoms with van der Waals surface area (Å²) in [4.78, 5) is 12.7. The molecule has 3 N–H and O–H groups in total. The molecular weight excluding hydrogens is 222 g/mol. The fraction of sp³-hybridized carbons (Fsp3) is 0.917. The molecule has 1 aliphatic carbocycles. The molecular formula is C12H23NO4. The maximum Gasteiger partial charge on any atom is 0.306 e. The third-order valence-electron chi connectivity index (χ3n) is 3.83. The normalized spacial score (nSPS) is 31.5. The Labute approximate surface area is 102 Å². The molecule has 0 spiro atoms. The zero-order valence-corrected chi connectivity index (χ0v) is 10.6. The maximum atomic E-state index is 10.8. The maximum absolute atomic E-state index is 10.8. The van der Waals surface area contributed by atoms with E-state index in [1.165, 1.54) is 0 Å². The number of hydrogen-bond acceptors (Lipinski definition) is 4. The molecule has 1 unspecified atom stereocenters. The molecule has 1 aliphatic rings. The fourth-order valence-corrected chi connectivity index (χ4v) is 2.32. The average molecular weight is 245 g/mol. The van der Waals surface area contributed by atoms with Crippen LogP contribution in [0.2, 0.25) is 0 Å². The second-order valence-corrected chi connectivity index (χ2v) is 5.28. The highest BCUT2D eigenvalue weighted by Gasteiger charge is 2.36. The molecule has 0 radical (unpaired) electrons. The summed E-state index contributed by atoms with van der Waals surface area (Å²) in [5.74, 6) is -1.07. The Balaban J connectivity index is 2.47. The van der Waals surface area contributed by atoms with Crippen molar-refractivity contribution >= 4 is 5.97 Å². The van der Waals surface area contributed by atoms with Gasteiger partial charge in [0.25, 0.3) is 0 Å². The molecule has 1 atom stereocenters. The fourth-order valence-electron chi connectivity index (χ4n) is 2.32. The van der Waals surface area contributed by atoms with Gasteiger partial charge in [-0.25, -0.2) is 0 Å². The van der Waals surface area contributed by atoms with Crippen LogP contribution in [-0.2, 0) is 4.79 Å². The number of aliphatic carboxylic acids is 1. The van der Waals surface area contributed by atoms with E-state index in [-0.39, 0.29) is 18.6 Å². The van der Waals surface area contributed by atoms with Crippen LogP contribution in [0.15, 0.2) is 0 Å². The highest BCUT2D eigenvalue weighted by Crippen LogP contribution is 2.32. The van der Waals surface area contributed by atoms with E-state index in [1.54, 1.807) is 0 Å². The van der Waals surface area contributed by atoms with Gasteiger partial charge < -0.3 is 15.3 Å². The molecule has 0 aromatic heterocycles. The van der Waals surface area contributed by atoms with Gasteiger partial charge in [-0.2, -0.15) is 0 Å². The number of carboxylic acid groups (broad SMARTS) is 1. The van der Waals surface area contributed by atoms with Crippen LogP contribution in [0, 0.1) is 5.92 Å². The first-order chi connectivity index (χ1) is 7.88. The summed E-state index contributed by atoms with van der Waals surface area (Å²) >= 11 is 0. The summed E-state index contributed by atoms with van der Waals surface area (Å²) < 4.78 is 0. The summed E-state index contributed by atoms with van der Waals surface area (Å²) in [6.45, 7) is 2.44. The van der Waals surface area contributed by atoms with E-state index < -0.39 is 11.6 Å². The van der Waals surface area contributed by atoms with Gasteiger partial charge in [-0.05, 0) is 39.7 Å². The summed E-state index contributed by atoms with van der Waals surface area (Å²) in [7, 11) is 1.86. The van der Waals surface area contributed by atoms with Crippen LogP contribution in [0.25, 0.3) is 0 Å². The van der Waals surface area contributed by atoms with Gasteiger partial charge in [0, 0.05) is 12.6 Å². The van der Waals surface area contributed by atoms with Crippen LogP contribution < -0.4 is 0 Å². The Morgan fingerprint density at radius 1 is 1.47 bits per heavy atom. The molecule has 0 amide bonds. The average Bonchev–Trinajstić information content (AvgIpc) is 2.27. The van der Waals surface area contributed by atoms with E-state index in [4.69, 9.17) is 10.2 Å². The van der Waals surface area contributed by atoms with E-state index in [1.807, 2.05) is 18.9 Å². The minimum atomic E-state index is -0.801. The Bertz CT molecular complexity index is 261. The zero-order chi connectivity index (χ0) is 13.1. The number of rotatable bonds is 5. The Hall–Kier alpha value is -0.650. The number of aliphatic hydroxyl groups excluding tert-OH is 1. The predicted molar refractivity (Wildman–Crippen MR) is 63.7 cm³/mol. The van der Waals surface area contributed by atoms with Crippen molar-refractivity contribution in [1.29, 1.82) is 0 Å². The van der Waals surface area contributed by atoms with Crippen LogP contribution in [0.1, 0.15) is 32.6 Å². The SMILES string of the molecule is CC(CO)N(C)CC1(O)CCC(C(=O)O)CC1. The highest BCUT2D eigenvalue weighted by molar-refractivity contribution is 5.70. The van der Waals surface area contributed by atoms with Gasteiger partial charge in [0.2, 0.25) is 0 Å². The number of hydrogen-bond donors (Lipinski definition) is 3. The largest absolute Gasteiger partial charge is 0.481 e. The highest BCUT2D eigenvalue weighted by atomic mass is 16.4. The summed E-state index contributed by atoms with van der Waals surface area (Å²) in [6, 6.07) is 0.0104. The first kappa shape index (κ1) is 14.4. The number of likely N-dealkylation sites (N-methyl/N-ethyl adjacent to an activating group) is 1. The van der Waals surface area contributed by atoms with Crippen molar-refractivity contribution in [2.45, 2.75) is 44.2 Å². The molecule has 1 saturated carbocycles. The number of nitrogens with zero attached hydrogens (tertiary/aromatic N) is 1. The van der Waals surface area contributed by atoms with E-state index in [0.29, 0.717) is 32.2 Å². The van der Waals surface area contributed by atoms with Gasteiger partial charge in [0.1, 0.15) is 0 Å². The topological polar surface area (TPSA) is 81.0 Å². The van der Waals surface area contributed by atoms with Crippen LogP contribution in [-0.4, -0.2) is 58.0 Å². The standard InChI is InChI=1S/C12H23NO4/c1-9(7-14)13(2)8-12(17)5-3-10(4-6-12)11(15)16/h9-10,14,17H,3-8H2,1-2H3,(H,15,16). The van der Waals surface area contributed by atoms with Gasteiger partial charge >= 0.3 is 5.97 Å². The first-order valence-corrected chi connectivity index (χ1v) is 6.14. The number of carboxylic acids is 1. The van der Waals surface area contributed by atoms with Crippen LogP contribution >= 0.6 is 0 Å². The lowest BCUT2D eigenvalue weighted by atomic mass is 9.78. The smallest absolute Gasteiger partial charge is 0.306 e. The second kappa shape index (κ2) is 5.80. The van der Waals surface area contributed by atoms with Crippen molar-refractivity contribution in [3.05, 3.63) is 0 Å². The molecule has 0 aromatic rings. The van der Waals surface area contributed by atoms with E-state index >= 15 is 0 Å². The molecule has 1 rings (SSSR count). The molecule has 5 heteroatoms. The van der Waals surface area contributed by atoms with Gasteiger partial charge in [-0.1, -0.05) is 0 Å². The molecule has 5 nitrogen and oxygen atoms in total. The van der Waals surface area contributed by atoms with Gasteiger partial charge in [0.15, 0.2) is 0 Å². The zero-order valence-electron chi connectivity index (χ0n) is 10.6. The lowest BCUT2D eigenvalue weighted by molar-refractivity contribution is -0.145. The van der Waals surface area contributed by atoms with Crippen molar-refractivity contribution in [3.8, 4) is 0 Å². The van der Waals surface area contributed by atoms with Gasteiger partial charge in [-0.3, -0.25) is 9.69 Å². The van der Waals surface area contributed by atoms with Gasteiger partial charge in [-0.15, -0.1) is 0 Å². The molecule has 0 heterocycles. The quantitative estimate of drug-likeness (QED) is 0.649. The minimum absolute atomic E-state index is 0.0104. The lowest BCUT2D eigenvalue weighted by Crippen LogP contribution is -2.48. The van der Waals surface area contributed by atoms with Crippen molar-refractivity contribution in [3.63, 3.8) is 0 Å². The Morgan fingerprint density at radius 3 is 2.41 bits per heavy atom. The summed E-state index contributed by atoms with van der Waals surface area (Å²) in [5, 5.41) is 28.3. The number of carbonyl (C=O) groups is 1. The van der Waals surface area contributed by atoms with E-state index in [2.05, 4.69) is 0 Å². The van der Waals surface area contributed by atoms with Crippen LogP contribution in [0.5, 0.6) is 0 Å². The molecule has 17 heavy (non-hydrogen) atoms. The van der Waals surface area contributed by atoms with Crippen LogP contribution in [0.3, 0.4) is 0 Å². The van der Waals surface area contributed by atoms with E-state index in [0.717, 1.165) is 0 Å². The molecule has 0 aliphatic heterocycles. The molecule has 100 valence electrons. The van der Waals surface area contributed by atoms with Crippen molar-refractivity contribution in [1.82, 2.24) is 4.90 Å². The monoisotopic (exact) mass is 245 g/mol. The van der Waals surface area contributed by atoms with Gasteiger partial charge in [0.05, 0.1) is 18.1 Å². The van der Waals surface area contributed by atoms with Crippen molar-refractivity contribution in [2.75, 3.05) is 20.2 Å². The molecule has 1 fully saturated rings. The van der Waals surface area contributed by atoms with Crippen molar-refractivity contribution < 1.29 is 20.1 Å². The number of aliphatic hydroxyl groups is 2. The molecule has 0 saturated heterocycles. The third-order valence-corrected chi connectivity index (χ3v) is 3.83. The predicted octanol–water partition coefficient (Wildman–Crippen LogP) is 0.305. The van der Waals surface area contributed by atoms with Crippen LogP contribution in [0.4, 0.5) is 0 Å². The molecule has 0 bridgehead atoms. The summed E-state index contributed by atoms with van der Waals surface area (Å²) in [5.41, 5.74) is -0.801. The third kappa shape index (κ3) is 3.94. The molecule has 0 aromatic carbocycles. The van der Waals surface area contributed by atoms with E-state index in [9.17, 15) is 9.90 Å². The second-order valence-electron chi connectivity index (χ2n) is 5.28. The summed E-state index contributed by atoms with van der Waals surface area (Å²) in [6.07, 6.45) is 2.11.